The molecule has 0 unspecified atom stereocenters. The van der Waals surface area contributed by atoms with Crippen molar-refractivity contribution in [2.45, 2.75) is 32.7 Å². The average Bonchev–Trinajstić information content (AvgIpc) is 2.03. The van der Waals surface area contributed by atoms with Crippen molar-refractivity contribution in [1.82, 2.24) is 0 Å². The van der Waals surface area contributed by atoms with Crippen LogP contribution in [0.2, 0.25) is 0 Å². The highest BCUT2D eigenvalue weighted by Crippen LogP contribution is 2.25. The van der Waals surface area contributed by atoms with Gasteiger partial charge in [-0.05, 0) is 6.92 Å². The Kier molecular flexibility index (Phi) is 2.87. The molecule has 0 aromatic heterocycles. The van der Waals surface area contributed by atoms with E-state index in [0.717, 1.165) is 0 Å². The molecule has 0 saturated carbocycles. The van der Waals surface area contributed by atoms with E-state index in [2.05, 4.69) is 0 Å². The molecule has 0 aromatic rings. The standard InChI is InChI=1S/C8H12O5/c1-3-8(11-4-2)12-6(9)5-7(10)13-8/h3-5H2,1-2H3. The van der Waals surface area contributed by atoms with E-state index >= 15 is 0 Å². The van der Waals surface area contributed by atoms with Crippen LogP contribution in [0.25, 0.3) is 0 Å². The van der Waals surface area contributed by atoms with Gasteiger partial charge in [0, 0.05) is 0 Å². The lowest BCUT2D eigenvalue weighted by molar-refractivity contribution is -0.354. The van der Waals surface area contributed by atoms with Crippen molar-refractivity contribution >= 4 is 11.9 Å². The third-order valence-electron chi connectivity index (χ3n) is 1.62. The minimum absolute atomic E-state index is 0.290. The number of ether oxygens (including phenoxy) is 3. The summed E-state index contributed by atoms with van der Waals surface area (Å²) in [5.74, 6) is -2.70. The van der Waals surface area contributed by atoms with Crippen LogP contribution in [0.15, 0.2) is 0 Å². The molecule has 0 aromatic carbocycles. The lowest BCUT2D eigenvalue weighted by Crippen LogP contribution is -2.46. The summed E-state index contributed by atoms with van der Waals surface area (Å²) in [5, 5.41) is 0. The van der Waals surface area contributed by atoms with E-state index in [-0.39, 0.29) is 6.42 Å². The Hall–Kier alpha value is -1.10. The molecule has 1 aliphatic heterocycles. The Morgan fingerprint density at radius 3 is 2.23 bits per heavy atom. The normalized spacial score (nSPS) is 20.8. The summed E-state index contributed by atoms with van der Waals surface area (Å²) in [6.07, 6.45) is -0.0485. The van der Waals surface area contributed by atoms with Crippen LogP contribution in [0.4, 0.5) is 0 Å². The van der Waals surface area contributed by atoms with Gasteiger partial charge in [-0.25, -0.2) is 0 Å². The fourth-order valence-electron chi connectivity index (χ4n) is 1.08. The van der Waals surface area contributed by atoms with Crippen molar-refractivity contribution in [1.29, 1.82) is 0 Å². The summed E-state index contributed by atoms with van der Waals surface area (Å²) >= 11 is 0. The summed E-state index contributed by atoms with van der Waals surface area (Å²) < 4.78 is 14.7. The number of hydrogen-bond donors (Lipinski definition) is 0. The summed E-state index contributed by atoms with van der Waals surface area (Å²) in [7, 11) is 0. The highest BCUT2D eigenvalue weighted by molar-refractivity contribution is 5.92. The van der Waals surface area contributed by atoms with Gasteiger partial charge in [-0.2, -0.15) is 0 Å². The van der Waals surface area contributed by atoms with Gasteiger partial charge in [0.05, 0.1) is 13.0 Å². The smallest absolute Gasteiger partial charge is 0.375 e. The van der Waals surface area contributed by atoms with Gasteiger partial charge in [-0.1, -0.05) is 6.92 Å². The molecule has 1 aliphatic rings. The third-order valence-corrected chi connectivity index (χ3v) is 1.62. The van der Waals surface area contributed by atoms with E-state index in [1.807, 2.05) is 0 Å². The van der Waals surface area contributed by atoms with Crippen LogP contribution in [-0.4, -0.2) is 24.5 Å². The first-order chi connectivity index (χ1) is 6.12. The Morgan fingerprint density at radius 1 is 1.31 bits per heavy atom. The van der Waals surface area contributed by atoms with E-state index in [4.69, 9.17) is 14.2 Å². The number of esters is 2. The lowest BCUT2D eigenvalue weighted by atomic mass is 10.3. The lowest BCUT2D eigenvalue weighted by Gasteiger charge is -2.33. The SMILES string of the molecule is CCOC1(CC)OC(=O)CC(=O)O1. The van der Waals surface area contributed by atoms with Gasteiger partial charge in [-0.15, -0.1) is 0 Å². The first-order valence-corrected chi connectivity index (χ1v) is 4.19. The predicted molar refractivity (Wildman–Crippen MR) is 41.4 cm³/mol. The molecule has 0 spiro atoms. The van der Waals surface area contributed by atoms with Crippen LogP contribution >= 0.6 is 0 Å². The maximum absolute atomic E-state index is 10.9. The molecule has 0 radical (unpaired) electrons. The molecular formula is C8H12O5. The molecular weight excluding hydrogens is 176 g/mol. The van der Waals surface area contributed by atoms with Crippen LogP contribution in [0.5, 0.6) is 0 Å². The monoisotopic (exact) mass is 188 g/mol. The van der Waals surface area contributed by atoms with Crippen LogP contribution < -0.4 is 0 Å². The van der Waals surface area contributed by atoms with Gasteiger partial charge in [-0.3, -0.25) is 9.59 Å². The van der Waals surface area contributed by atoms with E-state index in [1.54, 1.807) is 13.8 Å². The Balaban J connectivity index is 2.73. The summed E-state index contributed by atoms with van der Waals surface area (Å²) in [5.41, 5.74) is 0. The quantitative estimate of drug-likeness (QED) is 0.478. The van der Waals surface area contributed by atoms with Gasteiger partial charge >= 0.3 is 17.9 Å². The molecule has 1 rings (SSSR count). The molecule has 1 fully saturated rings. The van der Waals surface area contributed by atoms with Crippen molar-refractivity contribution in [3.63, 3.8) is 0 Å². The minimum Gasteiger partial charge on any atom is -0.397 e. The summed E-state index contributed by atoms with van der Waals surface area (Å²) in [4.78, 5) is 21.8. The fraction of sp³-hybridized carbons (Fsp3) is 0.750. The van der Waals surface area contributed by atoms with Gasteiger partial charge in [0.25, 0.3) is 0 Å². The van der Waals surface area contributed by atoms with Crippen molar-refractivity contribution < 1.29 is 23.8 Å². The largest absolute Gasteiger partial charge is 0.397 e. The third kappa shape index (κ3) is 2.18. The zero-order valence-corrected chi connectivity index (χ0v) is 7.66. The van der Waals surface area contributed by atoms with Gasteiger partial charge < -0.3 is 14.2 Å². The van der Waals surface area contributed by atoms with Gasteiger partial charge in [0.2, 0.25) is 0 Å². The van der Waals surface area contributed by atoms with Crippen molar-refractivity contribution in [3.8, 4) is 0 Å². The average molecular weight is 188 g/mol. The number of cyclic esters (lactones) is 2. The zero-order chi connectivity index (χ0) is 9.90. The van der Waals surface area contributed by atoms with E-state index in [9.17, 15) is 9.59 Å². The first-order valence-electron chi connectivity index (χ1n) is 4.19. The Labute approximate surface area is 76.0 Å². The molecule has 74 valence electrons. The number of carbonyl (C=O) groups is 2. The highest BCUT2D eigenvalue weighted by atomic mass is 16.9. The Morgan fingerprint density at radius 2 is 1.85 bits per heavy atom. The number of carbonyl (C=O) groups excluding carboxylic acids is 2. The Bertz CT molecular complexity index is 207. The minimum atomic E-state index is -1.48. The van der Waals surface area contributed by atoms with Gasteiger partial charge in [0.1, 0.15) is 6.42 Å². The van der Waals surface area contributed by atoms with Crippen LogP contribution in [0.1, 0.15) is 26.7 Å². The maximum Gasteiger partial charge on any atom is 0.375 e. The van der Waals surface area contributed by atoms with E-state index in [0.29, 0.717) is 13.0 Å². The van der Waals surface area contributed by atoms with E-state index < -0.39 is 17.9 Å². The zero-order valence-electron chi connectivity index (χ0n) is 7.66. The molecule has 1 saturated heterocycles. The molecule has 1 heterocycles. The number of hydrogen-bond acceptors (Lipinski definition) is 5. The fourth-order valence-corrected chi connectivity index (χ4v) is 1.08. The molecule has 0 aliphatic carbocycles. The molecule has 13 heavy (non-hydrogen) atoms. The topological polar surface area (TPSA) is 61.8 Å². The van der Waals surface area contributed by atoms with Crippen LogP contribution in [-0.2, 0) is 23.8 Å². The van der Waals surface area contributed by atoms with Crippen LogP contribution in [0, 0.1) is 0 Å². The molecule has 5 heteroatoms. The summed E-state index contributed by atoms with van der Waals surface area (Å²) in [6.45, 7) is 3.75. The highest BCUT2D eigenvalue weighted by Gasteiger charge is 2.43. The van der Waals surface area contributed by atoms with Crippen molar-refractivity contribution in [2.24, 2.45) is 0 Å². The first kappa shape index (κ1) is 9.98. The van der Waals surface area contributed by atoms with Crippen molar-refractivity contribution in [3.05, 3.63) is 0 Å². The number of rotatable bonds is 3. The van der Waals surface area contributed by atoms with Crippen LogP contribution in [0.3, 0.4) is 0 Å². The van der Waals surface area contributed by atoms with Gasteiger partial charge in [0.15, 0.2) is 0 Å². The predicted octanol–water partition coefficient (Wildman–Crippen LogP) is 0.577. The summed E-state index contributed by atoms with van der Waals surface area (Å²) in [6, 6.07) is 0. The van der Waals surface area contributed by atoms with E-state index in [1.165, 1.54) is 0 Å². The second kappa shape index (κ2) is 3.74. The maximum atomic E-state index is 10.9. The second-order valence-corrected chi connectivity index (χ2v) is 2.59. The molecule has 0 amide bonds. The molecule has 5 nitrogen and oxygen atoms in total. The van der Waals surface area contributed by atoms with Crippen molar-refractivity contribution in [2.75, 3.05) is 6.61 Å². The molecule has 0 atom stereocenters. The second-order valence-electron chi connectivity index (χ2n) is 2.59. The molecule has 0 bridgehead atoms. The molecule has 0 N–H and O–H groups in total.